The lowest BCUT2D eigenvalue weighted by molar-refractivity contribution is -0.0307. The molecule has 1 fully saturated rings. The molecule has 1 saturated heterocycles. The van der Waals surface area contributed by atoms with Crippen LogP contribution in [0.25, 0.3) is 0 Å². The van der Waals surface area contributed by atoms with Crippen molar-refractivity contribution in [2.45, 2.75) is 46.2 Å². The molecule has 0 aliphatic carbocycles. The van der Waals surface area contributed by atoms with Crippen molar-refractivity contribution in [3.8, 4) is 0 Å². The first-order chi connectivity index (χ1) is 9.15. The molecule has 1 aromatic heterocycles. The van der Waals surface area contributed by atoms with Crippen LogP contribution in [0, 0.1) is 4.77 Å². The van der Waals surface area contributed by atoms with Crippen molar-refractivity contribution in [1.82, 2.24) is 19.2 Å². The van der Waals surface area contributed by atoms with Crippen LogP contribution in [0.5, 0.6) is 0 Å². The van der Waals surface area contributed by atoms with E-state index in [1.807, 2.05) is 4.57 Å². The third-order valence-corrected chi connectivity index (χ3v) is 3.68. The summed E-state index contributed by atoms with van der Waals surface area (Å²) in [5.74, 6) is 0.646. The number of hydrogen-bond donors (Lipinski definition) is 1. The Morgan fingerprint density at radius 2 is 2.32 bits per heavy atom. The van der Waals surface area contributed by atoms with Gasteiger partial charge in [0.15, 0.2) is 10.6 Å². The first-order valence-electron chi connectivity index (χ1n) is 6.77. The summed E-state index contributed by atoms with van der Waals surface area (Å²) in [5.41, 5.74) is 0. The lowest BCUT2D eigenvalue weighted by atomic mass is 10.3. The molecule has 1 aliphatic rings. The third kappa shape index (κ3) is 3.42. The van der Waals surface area contributed by atoms with E-state index in [0.717, 1.165) is 32.7 Å². The Morgan fingerprint density at radius 1 is 1.53 bits per heavy atom. The Kier molecular flexibility index (Phi) is 5.09. The van der Waals surface area contributed by atoms with E-state index in [1.165, 1.54) is 0 Å². The molecular weight excluding hydrogens is 264 g/mol. The topological polar surface area (TPSA) is 55.5 Å². The van der Waals surface area contributed by atoms with Gasteiger partial charge in [-0.1, -0.05) is 6.92 Å². The number of morpholine rings is 1. The fourth-order valence-corrected chi connectivity index (χ4v) is 2.65. The number of hydrogen-bond acceptors (Lipinski definition) is 5. The average molecular weight is 286 g/mol. The molecule has 1 N–H and O–H groups in total. The van der Waals surface area contributed by atoms with Crippen LogP contribution in [-0.2, 0) is 24.6 Å². The van der Waals surface area contributed by atoms with Crippen LogP contribution >= 0.6 is 12.2 Å². The van der Waals surface area contributed by atoms with E-state index in [0.29, 0.717) is 17.3 Å². The van der Waals surface area contributed by atoms with Crippen LogP contribution in [0.3, 0.4) is 0 Å². The highest BCUT2D eigenvalue weighted by Gasteiger charge is 2.18. The van der Waals surface area contributed by atoms with E-state index >= 15 is 0 Å². The molecule has 1 aliphatic heterocycles. The summed E-state index contributed by atoms with van der Waals surface area (Å²) in [5, 5.41) is 13.8. The van der Waals surface area contributed by atoms with E-state index in [4.69, 9.17) is 17.0 Å². The highest BCUT2D eigenvalue weighted by molar-refractivity contribution is 7.71. The molecule has 0 aromatic carbocycles. The van der Waals surface area contributed by atoms with Crippen LogP contribution in [-0.4, -0.2) is 50.2 Å². The molecule has 1 atom stereocenters. The molecule has 6 nitrogen and oxygen atoms in total. The van der Waals surface area contributed by atoms with Gasteiger partial charge in [0.05, 0.1) is 19.4 Å². The van der Waals surface area contributed by atoms with Gasteiger partial charge in [-0.3, -0.25) is 4.90 Å². The highest BCUT2D eigenvalue weighted by Crippen LogP contribution is 2.08. The minimum Gasteiger partial charge on any atom is -0.388 e. The van der Waals surface area contributed by atoms with Crippen molar-refractivity contribution >= 4 is 12.2 Å². The molecule has 7 heteroatoms. The van der Waals surface area contributed by atoms with Gasteiger partial charge in [-0.15, -0.1) is 0 Å². The van der Waals surface area contributed by atoms with Gasteiger partial charge in [0.1, 0.15) is 6.61 Å². The van der Waals surface area contributed by atoms with Crippen molar-refractivity contribution < 1.29 is 9.84 Å². The van der Waals surface area contributed by atoms with Crippen molar-refractivity contribution in [1.29, 1.82) is 0 Å². The van der Waals surface area contributed by atoms with Crippen molar-refractivity contribution in [2.75, 3.05) is 19.7 Å². The molecule has 1 unspecified atom stereocenters. The second kappa shape index (κ2) is 6.60. The van der Waals surface area contributed by atoms with Crippen molar-refractivity contribution in [3.05, 3.63) is 10.6 Å². The summed E-state index contributed by atoms with van der Waals surface area (Å²) in [6.45, 7) is 8.07. The monoisotopic (exact) mass is 286 g/mol. The number of aliphatic hydroxyl groups is 1. The van der Waals surface area contributed by atoms with E-state index in [9.17, 15) is 5.11 Å². The summed E-state index contributed by atoms with van der Waals surface area (Å²) in [6, 6.07) is 0. The van der Waals surface area contributed by atoms with Gasteiger partial charge in [-0.05, 0) is 25.6 Å². The summed E-state index contributed by atoms with van der Waals surface area (Å²) in [6.07, 6.45) is 1.22. The van der Waals surface area contributed by atoms with E-state index in [-0.39, 0.29) is 12.7 Å². The highest BCUT2D eigenvalue weighted by atomic mass is 32.1. The molecule has 108 valence electrons. The Labute approximate surface area is 118 Å². The van der Waals surface area contributed by atoms with Gasteiger partial charge in [-0.2, -0.15) is 5.10 Å². The van der Waals surface area contributed by atoms with Gasteiger partial charge >= 0.3 is 0 Å². The Balaban J connectivity index is 2.13. The molecule has 2 rings (SSSR count). The fraction of sp³-hybridized carbons (Fsp3) is 0.833. The molecule has 0 amide bonds. The smallest absolute Gasteiger partial charge is 0.199 e. The first-order valence-corrected chi connectivity index (χ1v) is 7.17. The SMILES string of the molecule is CCCn1c(CO)nn(CN2CCOC(C)C2)c1=S. The Bertz CT molecular complexity index is 471. The van der Waals surface area contributed by atoms with Crippen LogP contribution in [0.2, 0.25) is 0 Å². The molecule has 0 spiro atoms. The number of rotatable bonds is 5. The minimum atomic E-state index is -0.0733. The van der Waals surface area contributed by atoms with Crippen LogP contribution < -0.4 is 0 Å². The van der Waals surface area contributed by atoms with E-state index in [2.05, 4.69) is 23.8 Å². The average Bonchev–Trinajstić information content (AvgIpc) is 2.68. The van der Waals surface area contributed by atoms with Gasteiger partial charge in [-0.25, -0.2) is 4.68 Å². The zero-order chi connectivity index (χ0) is 13.8. The Hall–Kier alpha value is -0.760. The van der Waals surface area contributed by atoms with Crippen LogP contribution in [0.1, 0.15) is 26.1 Å². The van der Waals surface area contributed by atoms with Gasteiger partial charge in [0, 0.05) is 19.6 Å². The second-order valence-corrected chi connectivity index (χ2v) is 5.27. The number of aliphatic hydroxyl groups excluding tert-OH is 1. The third-order valence-electron chi connectivity index (χ3n) is 3.25. The lowest BCUT2D eigenvalue weighted by Gasteiger charge is -2.30. The zero-order valence-corrected chi connectivity index (χ0v) is 12.4. The predicted octanol–water partition coefficient (Wildman–Crippen LogP) is 0.995. The van der Waals surface area contributed by atoms with Gasteiger partial charge < -0.3 is 14.4 Å². The number of aromatic nitrogens is 3. The maximum absolute atomic E-state index is 9.35. The predicted molar refractivity (Wildman–Crippen MR) is 74.3 cm³/mol. The largest absolute Gasteiger partial charge is 0.388 e. The summed E-state index contributed by atoms with van der Waals surface area (Å²) in [4.78, 5) is 2.27. The molecule has 2 heterocycles. The van der Waals surface area contributed by atoms with Crippen molar-refractivity contribution in [2.24, 2.45) is 0 Å². The quantitative estimate of drug-likeness (QED) is 0.818. The molecular formula is C12H22N4O2S. The normalized spacial score (nSPS) is 20.9. The molecule has 0 bridgehead atoms. The molecule has 19 heavy (non-hydrogen) atoms. The van der Waals surface area contributed by atoms with E-state index in [1.54, 1.807) is 4.68 Å². The summed E-state index contributed by atoms with van der Waals surface area (Å²) in [7, 11) is 0. The van der Waals surface area contributed by atoms with Gasteiger partial charge in [0.2, 0.25) is 0 Å². The number of ether oxygens (including phenoxy) is 1. The summed E-state index contributed by atoms with van der Waals surface area (Å²) < 4.78 is 9.92. The molecule has 0 saturated carbocycles. The first kappa shape index (κ1) is 14.6. The van der Waals surface area contributed by atoms with Crippen molar-refractivity contribution in [3.63, 3.8) is 0 Å². The Morgan fingerprint density at radius 3 is 2.95 bits per heavy atom. The van der Waals surface area contributed by atoms with E-state index < -0.39 is 0 Å². The number of nitrogens with zero attached hydrogens (tertiary/aromatic N) is 4. The van der Waals surface area contributed by atoms with Gasteiger partial charge in [0.25, 0.3) is 0 Å². The lowest BCUT2D eigenvalue weighted by Crippen LogP contribution is -2.42. The van der Waals surface area contributed by atoms with Crippen LogP contribution in [0.15, 0.2) is 0 Å². The second-order valence-electron chi connectivity index (χ2n) is 4.91. The maximum atomic E-state index is 9.35. The zero-order valence-electron chi connectivity index (χ0n) is 11.6. The molecule has 0 radical (unpaired) electrons. The van der Waals surface area contributed by atoms with Crippen LogP contribution in [0.4, 0.5) is 0 Å². The maximum Gasteiger partial charge on any atom is 0.199 e. The molecule has 1 aromatic rings. The fourth-order valence-electron chi connectivity index (χ4n) is 2.35. The summed E-state index contributed by atoms with van der Waals surface area (Å²) >= 11 is 5.44. The standard InChI is InChI=1S/C12H22N4O2S/c1-3-4-15-11(8-17)13-16(12(15)19)9-14-5-6-18-10(2)7-14/h10,17H,3-9H2,1-2H3. The minimum absolute atomic E-state index is 0.0733.